The molecule has 0 radical (unpaired) electrons. The van der Waals surface area contributed by atoms with E-state index in [1.807, 2.05) is 79.7 Å². The van der Waals surface area contributed by atoms with Crippen molar-refractivity contribution in [2.75, 3.05) is 12.4 Å². The van der Waals surface area contributed by atoms with E-state index < -0.39 is 11.3 Å². The highest BCUT2D eigenvalue weighted by Gasteiger charge is 2.42. The second-order valence-electron chi connectivity index (χ2n) is 10.2. The summed E-state index contributed by atoms with van der Waals surface area (Å²) in [5.74, 6) is 0.615. The summed E-state index contributed by atoms with van der Waals surface area (Å²) in [6.45, 7) is 4.34. The molecule has 2 heterocycles. The van der Waals surface area contributed by atoms with Crippen LogP contribution in [0.4, 0.5) is 11.4 Å². The van der Waals surface area contributed by atoms with Gasteiger partial charge in [-0.05, 0) is 55.2 Å². The van der Waals surface area contributed by atoms with E-state index in [0.29, 0.717) is 35.4 Å². The summed E-state index contributed by atoms with van der Waals surface area (Å²) in [5, 5.41) is 5.83. The zero-order chi connectivity index (χ0) is 30.3. The molecule has 0 bridgehead atoms. The molecular formula is C33H35N5O4S. The van der Waals surface area contributed by atoms with Crippen LogP contribution in [-0.4, -0.2) is 52.0 Å². The molecule has 0 aromatic heterocycles. The first-order valence-electron chi connectivity index (χ1n) is 14.5. The minimum absolute atomic E-state index is 0.133. The van der Waals surface area contributed by atoms with Crippen LogP contribution in [-0.2, 0) is 27.3 Å². The molecule has 0 saturated heterocycles. The standard InChI is InChI=1S/C33H35N5O4S/c1-4-21-14-16-23(17-15-21)35-31(40)28(5-2)43-33-37-25-12-8-7-11-24(25)30-36-26(32(41)38(30)33)18-19-29(39)34-20-22-10-6-9-13-27(22)42-3/h6-17,26,28H,4-5,18-20H2,1-3H3,(H,34,39)(H,35,40). The fourth-order valence-corrected chi connectivity index (χ4v) is 5.98. The van der Waals surface area contributed by atoms with E-state index in [4.69, 9.17) is 14.7 Å². The Kier molecular flexibility index (Phi) is 9.56. The van der Waals surface area contributed by atoms with Crippen LogP contribution in [0.25, 0.3) is 0 Å². The number of hydrogen-bond donors (Lipinski definition) is 2. The highest BCUT2D eigenvalue weighted by atomic mass is 32.2. The Labute approximate surface area is 255 Å². The predicted octanol–water partition coefficient (Wildman–Crippen LogP) is 5.46. The third-order valence-electron chi connectivity index (χ3n) is 7.40. The van der Waals surface area contributed by atoms with Crippen LogP contribution in [0.1, 0.15) is 49.8 Å². The summed E-state index contributed by atoms with van der Waals surface area (Å²) in [5.41, 5.74) is 4.22. The molecule has 2 unspecified atom stereocenters. The maximum absolute atomic E-state index is 13.7. The number of nitrogens with one attached hydrogen (secondary N) is 2. The lowest BCUT2D eigenvalue weighted by molar-refractivity contribution is -0.125. The lowest BCUT2D eigenvalue weighted by Crippen LogP contribution is -2.42. The number of thioether (sulfide) groups is 1. The van der Waals surface area contributed by atoms with Crippen molar-refractivity contribution in [3.05, 3.63) is 89.5 Å². The number of fused-ring (bicyclic) bond motifs is 3. The number of nitrogens with zero attached hydrogens (tertiary/aromatic N) is 3. The molecule has 2 aliphatic heterocycles. The largest absolute Gasteiger partial charge is 0.496 e. The first-order valence-corrected chi connectivity index (χ1v) is 15.3. The topological polar surface area (TPSA) is 112 Å². The van der Waals surface area contributed by atoms with E-state index in [-0.39, 0.29) is 30.6 Å². The van der Waals surface area contributed by atoms with Gasteiger partial charge in [-0.1, -0.05) is 68.1 Å². The van der Waals surface area contributed by atoms with Gasteiger partial charge in [-0.25, -0.2) is 9.89 Å². The minimum atomic E-state index is -0.727. The van der Waals surface area contributed by atoms with Gasteiger partial charge in [0.15, 0.2) is 5.17 Å². The Morgan fingerprint density at radius 3 is 2.51 bits per heavy atom. The Bertz CT molecular complexity index is 1570. The number of ether oxygens (including phenoxy) is 1. The number of aliphatic imine (C=N–C) groups is 2. The number of methoxy groups -OCH3 is 1. The van der Waals surface area contributed by atoms with Gasteiger partial charge in [-0.15, -0.1) is 0 Å². The van der Waals surface area contributed by atoms with E-state index in [9.17, 15) is 14.4 Å². The van der Waals surface area contributed by atoms with Crippen molar-refractivity contribution in [3.8, 4) is 5.75 Å². The van der Waals surface area contributed by atoms with Gasteiger partial charge in [0.05, 0.1) is 18.0 Å². The molecule has 9 nitrogen and oxygen atoms in total. The number of benzene rings is 3. The SMILES string of the molecule is CCc1ccc(NC(=O)C(CC)SC2=Nc3ccccc3C3=NC(CCC(=O)NCc4ccccc4OC)C(=O)N23)cc1. The maximum atomic E-state index is 13.7. The maximum Gasteiger partial charge on any atom is 0.259 e. The molecule has 43 heavy (non-hydrogen) atoms. The van der Waals surface area contributed by atoms with Gasteiger partial charge in [0.2, 0.25) is 11.8 Å². The lowest BCUT2D eigenvalue weighted by Gasteiger charge is -2.27. The van der Waals surface area contributed by atoms with Crippen molar-refractivity contribution < 1.29 is 19.1 Å². The highest BCUT2D eigenvalue weighted by Crippen LogP contribution is 2.36. The van der Waals surface area contributed by atoms with Gasteiger partial charge in [0.1, 0.15) is 17.6 Å². The summed E-state index contributed by atoms with van der Waals surface area (Å²) in [4.78, 5) is 50.7. The number of anilines is 1. The number of rotatable bonds is 11. The average Bonchev–Trinajstić information content (AvgIpc) is 3.38. The summed E-state index contributed by atoms with van der Waals surface area (Å²) in [7, 11) is 1.59. The summed E-state index contributed by atoms with van der Waals surface area (Å²) in [6, 6.07) is 22.1. The Morgan fingerprint density at radius 2 is 1.77 bits per heavy atom. The summed E-state index contributed by atoms with van der Waals surface area (Å²) < 4.78 is 5.36. The average molecular weight is 598 g/mol. The van der Waals surface area contributed by atoms with E-state index in [2.05, 4.69) is 17.6 Å². The Hall–Kier alpha value is -4.44. The number of amides is 3. The number of carbonyl (C=O) groups excluding carboxylic acids is 3. The lowest BCUT2D eigenvalue weighted by atomic mass is 10.1. The quantitative estimate of drug-likeness (QED) is 0.305. The van der Waals surface area contributed by atoms with Gasteiger partial charge in [-0.3, -0.25) is 19.4 Å². The molecule has 5 rings (SSSR count). The van der Waals surface area contributed by atoms with Gasteiger partial charge in [-0.2, -0.15) is 0 Å². The number of aryl methyl sites for hydroxylation is 1. The van der Waals surface area contributed by atoms with Crippen LogP contribution < -0.4 is 15.4 Å². The second-order valence-corrected chi connectivity index (χ2v) is 11.4. The monoisotopic (exact) mass is 597 g/mol. The van der Waals surface area contributed by atoms with Crippen LogP contribution >= 0.6 is 11.8 Å². The molecule has 3 aromatic carbocycles. The van der Waals surface area contributed by atoms with E-state index in [0.717, 1.165) is 23.2 Å². The first-order chi connectivity index (χ1) is 20.9. The van der Waals surface area contributed by atoms with Crippen molar-refractivity contribution in [3.63, 3.8) is 0 Å². The third-order valence-corrected chi connectivity index (χ3v) is 8.72. The Morgan fingerprint density at radius 1 is 1.02 bits per heavy atom. The van der Waals surface area contributed by atoms with Gasteiger partial charge >= 0.3 is 0 Å². The van der Waals surface area contributed by atoms with Crippen LogP contribution in [0.3, 0.4) is 0 Å². The first kappa shape index (κ1) is 30.0. The molecule has 3 aromatic rings. The molecule has 0 spiro atoms. The van der Waals surface area contributed by atoms with Crippen LogP contribution in [0.2, 0.25) is 0 Å². The highest BCUT2D eigenvalue weighted by molar-refractivity contribution is 8.15. The van der Waals surface area contributed by atoms with Crippen LogP contribution in [0, 0.1) is 0 Å². The smallest absolute Gasteiger partial charge is 0.259 e. The number of carbonyl (C=O) groups is 3. The number of hydrogen-bond acceptors (Lipinski definition) is 7. The molecule has 0 fully saturated rings. The summed E-state index contributed by atoms with van der Waals surface area (Å²) in [6.07, 6.45) is 1.84. The van der Waals surface area contributed by atoms with E-state index in [1.54, 1.807) is 7.11 Å². The fraction of sp³-hybridized carbons (Fsp3) is 0.303. The van der Waals surface area contributed by atoms with Crippen molar-refractivity contribution in [2.45, 2.75) is 57.4 Å². The molecule has 3 amide bonds. The van der Waals surface area contributed by atoms with Gasteiger partial charge < -0.3 is 15.4 Å². The number of para-hydroxylation sites is 2. The fourth-order valence-electron chi connectivity index (χ4n) is 4.96. The van der Waals surface area contributed by atoms with Gasteiger partial charge in [0.25, 0.3) is 5.91 Å². The normalized spacial score (nSPS) is 16.0. The molecule has 2 aliphatic rings. The van der Waals surface area contributed by atoms with Gasteiger partial charge in [0, 0.05) is 29.8 Å². The molecule has 2 atom stereocenters. The second kappa shape index (κ2) is 13.7. The molecule has 0 saturated carbocycles. The van der Waals surface area contributed by atoms with E-state index >= 15 is 0 Å². The van der Waals surface area contributed by atoms with Crippen LogP contribution in [0.5, 0.6) is 5.75 Å². The third kappa shape index (κ3) is 6.80. The molecule has 2 N–H and O–H groups in total. The molecule has 10 heteroatoms. The zero-order valence-corrected chi connectivity index (χ0v) is 25.3. The molecule has 222 valence electrons. The van der Waals surface area contributed by atoms with Crippen molar-refractivity contribution in [2.24, 2.45) is 9.98 Å². The van der Waals surface area contributed by atoms with Crippen molar-refractivity contribution >= 4 is 51.9 Å². The molecule has 0 aliphatic carbocycles. The van der Waals surface area contributed by atoms with E-state index in [1.165, 1.54) is 22.2 Å². The predicted molar refractivity (Wildman–Crippen MR) is 171 cm³/mol. The minimum Gasteiger partial charge on any atom is -0.496 e. The Balaban J connectivity index is 1.27. The van der Waals surface area contributed by atoms with Crippen molar-refractivity contribution in [1.29, 1.82) is 0 Å². The zero-order valence-electron chi connectivity index (χ0n) is 24.5. The number of amidine groups is 2. The van der Waals surface area contributed by atoms with Crippen molar-refractivity contribution in [1.82, 2.24) is 10.2 Å². The summed E-state index contributed by atoms with van der Waals surface area (Å²) >= 11 is 1.25. The molecular weight excluding hydrogens is 562 g/mol. The van der Waals surface area contributed by atoms with Crippen LogP contribution in [0.15, 0.2) is 82.8 Å².